The molecule has 1 aliphatic rings. The Hall–Kier alpha value is -0.830. The average molecular weight is 235 g/mol. The molecule has 96 valence electrons. The van der Waals surface area contributed by atoms with Crippen molar-refractivity contribution >= 4 is 0 Å². The molecule has 1 aliphatic carbocycles. The summed E-state index contributed by atoms with van der Waals surface area (Å²) >= 11 is 0. The van der Waals surface area contributed by atoms with Crippen LogP contribution in [0.5, 0.6) is 0 Å². The summed E-state index contributed by atoms with van der Waals surface area (Å²) in [5.41, 5.74) is 2.84. The number of nitrogens with zero attached hydrogens (tertiary/aromatic N) is 2. The van der Waals surface area contributed by atoms with E-state index >= 15 is 0 Å². The molecule has 0 unspecified atom stereocenters. The van der Waals surface area contributed by atoms with Crippen molar-refractivity contribution in [3.05, 3.63) is 17.5 Å². The van der Waals surface area contributed by atoms with Crippen molar-refractivity contribution in [2.75, 3.05) is 0 Å². The van der Waals surface area contributed by atoms with Crippen LogP contribution in [0, 0.1) is 5.92 Å². The Bertz CT molecular complexity index is 386. The third-order valence-corrected chi connectivity index (χ3v) is 3.82. The second kappa shape index (κ2) is 4.45. The molecule has 0 bridgehead atoms. The fourth-order valence-corrected chi connectivity index (χ4v) is 2.45. The molecule has 1 saturated carbocycles. The van der Waals surface area contributed by atoms with Gasteiger partial charge in [-0.3, -0.25) is 4.68 Å². The molecular formula is C14H25N3. The van der Waals surface area contributed by atoms with Crippen molar-refractivity contribution < 1.29 is 0 Å². The molecule has 1 N–H and O–H groups in total. The van der Waals surface area contributed by atoms with Gasteiger partial charge in [0.25, 0.3) is 0 Å². The molecule has 3 heteroatoms. The number of aryl methyl sites for hydroxylation is 1. The zero-order valence-electron chi connectivity index (χ0n) is 11.7. The lowest BCUT2D eigenvalue weighted by atomic mass is 9.98. The van der Waals surface area contributed by atoms with E-state index in [1.807, 2.05) is 11.7 Å². The number of aromatic nitrogens is 2. The first kappa shape index (κ1) is 12.6. The first-order chi connectivity index (χ1) is 7.90. The largest absolute Gasteiger partial charge is 0.307 e. The van der Waals surface area contributed by atoms with Gasteiger partial charge in [0.05, 0.1) is 5.69 Å². The summed E-state index contributed by atoms with van der Waals surface area (Å²) in [5.74, 6) is 1.36. The van der Waals surface area contributed by atoms with Gasteiger partial charge in [-0.1, -0.05) is 13.8 Å². The molecule has 0 saturated heterocycles. The van der Waals surface area contributed by atoms with Crippen LogP contribution in [0.2, 0.25) is 0 Å². The lowest BCUT2D eigenvalue weighted by Gasteiger charge is -2.26. The van der Waals surface area contributed by atoms with Crippen LogP contribution in [0.15, 0.2) is 6.20 Å². The van der Waals surface area contributed by atoms with Crippen LogP contribution >= 0.6 is 0 Å². The maximum absolute atomic E-state index is 4.55. The highest BCUT2D eigenvalue weighted by molar-refractivity contribution is 5.20. The van der Waals surface area contributed by atoms with Crippen molar-refractivity contribution in [1.82, 2.24) is 15.1 Å². The van der Waals surface area contributed by atoms with Crippen LogP contribution in [-0.4, -0.2) is 15.3 Å². The van der Waals surface area contributed by atoms with Crippen molar-refractivity contribution in [3.63, 3.8) is 0 Å². The second-order valence-corrected chi connectivity index (χ2v) is 6.22. The van der Waals surface area contributed by atoms with Gasteiger partial charge in [0.2, 0.25) is 0 Å². The summed E-state index contributed by atoms with van der Waals surface area (Å²) in [7, 11) is 2.00. The number of nitrogens with one attached hydrogen (secondary N) is 1. The normalized spacial score (nSPS) is 16.8. The van der Waals surface area contributed by atoms with Crippen LogP contribution in [0.3, 0.4) is 0 Å². The average Bonchev–Trinajstić information content (AvgIpc) is 3.00. The molecule has 2 rings (SSSR count). The van der Waals surface area contributed by atoms with Crippen molar-refractivity contribution in [3.8, 4) is 0 Å². The van der Waals surface area contributed by atoms with Crippen LogP contribution < -0.4 is 5.32 Å². The monoisotopic (exact) mass is 235 g/mol. The predicted octanol–water partition coefficient (Wildman–Crippen LogP) is 2.82. The van der Waals surface area contributed by atoms with Gasteiger partial charge < -0.3 is 5.32 Å². The van der Waals surface area contributed by atoms with Gasteiger partial charge in [-0.05, 0) is 38.5 Å². The zero-order valence-corrected chi connectivity index (χ0v) is 11.7. The van der Waals surface area contributed by atoms with Gasteiger partial charge in [-0.15, -0.1) is 0 Å². The summed E-state index contributed by atoms with van der Waals surface area (Å²) < 4.78 is 1.93. The lowest BCUT2D eigenvalue weighted by molar-refractivity contribution is 0.339. The summed E-state index contributed by atoms with van der Waals surface area (Å²) in [4.78, 5) is 0. The van der Waals surface area contributed by atoms with E-state index in [1.165, 1.54) is 24.1 Å². The smallest absolute Gasteiger partial charge is 0.0694 e. The Morgan fingerprint density at radius 3 is 2.65 bits per heavy atom. The van der Waals surface area contributed by atoms with E-state index in [1.54, 1.807) is 0 Å². The van der Waals surface area contributed by atoms with E-state index in [2.05, 4.69) is 44.3 Å². The molecule has 0 aliphatic heterocycles. The minimum atomic E-state index is 0.268. The lowest BCUT2D eigenvalue weighted by Crippen LogP contribution is -2.40. The van der Waals surface area contributed by atoms with E-state index in [-0.39, 0.29) is 5.54 Å². The number of hydrogen-bond donors (Lipinski definition) is 1. The maximum atomic E-state index is 4.55. The molecule has 0 spiro atoms. The molecule has 1 aromatic rings. The Kier molecular flexibility index (Phi) is 3.30. The highest BCUT2D eigenvalue weighted by Crippen LogP contribution is 2.39. The van der Waals surface area contributed by atoms with E-state index in [4.69, 9.17) is 0 Å². The topological polar surface area (TPSA) is 29.9 Å². The number of rotatable bonds is 5. The summed E-state index contributed by atoms with van der Waals surface area (Å²) in [6, 6.07) is 0. The standard InChI is InChI=1S/C14H25N3/c1-10(2)13-11(9-17(5)16-13)8-15-14(3,4)12-6-7-12/h9-10,12,15H,6-8H2,1-5H3. The second-order valence-electron chi connectivity index (χ2n) is 6.22. The van der Waals surface area contributed by atoms with Gasteiger partial charge in [-0.25, -0.2) is 0 Å². The highest BCUT2D eigenvalue weighted by Gasteiger charge is 2.37. The fourth-order valence-electron chi connectivity index (χ4n) is 2.45. The van der Waals surface area contributed by atoms with E-state index in [9.17, 15) is 0 Å². The molecule has 17 heavy (non-hydrogen) atoms. The number of hydrogen-bond acceptors (Lipinski definition) is 2. The SMILES string of the molecule is CC(C)c1nn(C)cc1CNC(C)(C)C1CC1. The van der Waals surface area contributed by atoms with Gasteiger partial charge >= 0.3 is 0 Å². The molecule has 0 radical (unpaired) electrons. The molecule has 0 atom stereocenters. The highest BCUT2D eigenvalue weighted by atomic mass is 15.3. The Morgan fingerprint density at radius 2 is 2.12 bits per heavy atom. The Labute approximate surface area is 105 Å². The van der Waals surface area contributed by atoms with Gasteiger partial charge in [-0.2, -0.15) is 5.10 Å². The van der Waals surface area contributed by atoms with Crippen LogP contribution in [0.4, 0.5) is 0 Å². The molecular weight excluding hydrogens is 210 g/mol. The molecule has 1 heterocycles. The Morgan fingerprint density at radius 1 is 1.47 bits per heavy atom. The molecule has 1 fully saturated rings. The van der Waals surface area contributed by atoms with Crippen molar-refractivity contribution in [1.29, 1.82) is 0 Å². The molecule has 3 nitrogen and oxygen atoms in total. The first-order valence-corrected chi connectivity index (χ1v) is 6.67. The fraction of sp³-hybridized carbons (Fsp3) is 0.786. The summed E-state index contributed by atoms with van der Waals surface area (Å²) in [6.07, 6.45) is 4.90. The van der Waals surface area contributed by atoms with E-state index < -0.39 is 0 Å². The van der Waals surface area contributed by atoms with E-state index in [0.717, 1.165) is 12.5 Å². The zero-order chi connectivity index (χ0) is 12.6. The summed E-state index contributed by atoms with van der Waals surface area (Å²) in [6.45, 7) is 9.98. The Balaban J connectivity index is 2.03. The van der Waals surface area contributed by atoms with Gasteiger partial charge in [0.1, 0.15) is 0 Å². The van der Waals surface area contributed by atoms with E-state index in [0.29, 0.717) is 5.92 Å². The van der Waals surface area contributed by atoms with Crippen LogP contribution in [-0.2, 0) is 13.6 Å². The maximum Gasteiger partial charge on any atom is 0.0694 e. The minimum Gasteiger partial charge on any atom is -0.307 e. The van der Waals surface area contributed by atoms with Crippen molar-refractivity contribution in [2.24, 2.45) is 13.0 Å². The third-order valence-electron chi connectivity index (χ3n) is 3.82. The minimum absolute atomic E-state index is 0.268. The predicted molar refractivity (Wildman–Crippen MR) is 70.9 cm³/mol. The van der Waals surface area contributed by atoms with Crippen molar-refractivity contribution in [2.45, 2.75) is 58.5 Å². The first-order valence-electron chi connectivity index (χ1n) is 6.67. The molecule has 1 aromatic heterocycles. The molecule has 0 amide bonds. The van der Waals surface area contributed by atoms with Crippen LogP contribution in [0.1, 0.15) is 57.7 Å². The van der Waals surface area contributed by atoms with Gasteiger partial charge in [0, 0.05) is 30.9 Å². The van der Waals surface area contributed by atoms with Gasteiger partial charge in [0.15, 0.2) is 0 Å². The molecule has 0 aromatic carbocycles. The quantitative estimate of drug-likeness (QED) is 0.850. The summed E-state index contributed by atoms with van der Waals surface area (Å²) in [5, 5.41) is 8.24. The van der Waals surface area contributed by atoms with Crippen LogP contribution in [0.25, 0.3) is 0 Å². The third kappa shape index (κ3) is 2.89.